The van der Waals surface area contributed by atoms with E-state index in [0.29, 0.717) is 13.2 Å². The summed E-state index contributed by atoms with van der Waals surface area (Å²) in [4.78, 5) is 11.5. The monoisotopic (exact) mass is 295 g/mol. The lowest BCUT2D eigenvalue weighted by Gasteiger charge is -2.12. The van der Waals surface area contributed by atoms with Gasteiger partial charge in [-0.3, -0.25) is 4.79 Å². The van der Waals surface area contributed by atoms with Crippen molar-refractivity contribution in [3.05, 3.63) is 23.8 Å². The standard InChI is InChI=1S/C16H25NO4/c1-5-21-16(18)12(2)11-17-9-8-13-6-7-14(19-3)15(10-13)20-4/h6-7,10,12,17H,5,8-9,11H2,1-4H3. The van der Waals surface area contributed by atoms with Gasteiger partial charge >= 0.3 is 5.97 Å². The topological polar surface area (TPSA) is 56.8 Å². The molecule has 0 spiro atoms. The highest BCUT2D eigenvalue weighted by molar-refractivity contribution is 5.72. The molecule has 1 aromatic carbocycles. The van der Waals surface area contributed by atoms with Crippen molar-refractivity contribution in [2.75, 3.05) is 33.9 Å². The van der Waals surface area contributed by atoms with Gasteiger partial charge in [0.15, 0.2) is 11.5 Å². The highest BCUT2D eigenvalue weighted by atomic mass is 16.5. The molecule has 0 fully saturated rings. The Bertz CT molecular complexity index is 448. The maximum atomic E-state index is 11.5. The molecule has 0 aliphatic carbocycles. The summed E-state index contributed by atoms with van der Waals surface area (Å²) in [6.07, 6.45) is 0.857. The first-order chi connectivity index (χ1) is 10.1. The minimum Gasteiger partial charge on any atom is -0.493 e. The maximum Gasteiger partial charge on any atom is 0.309 e. The van der Waals surface area contributed by atoms with Crippen LogP contribution in [0.3, 0.4) is 0 Å². The van der Waals surface area contributed by atoms with Crippen LogP contribution < -0.4 is 14.8 Å². The Morgan fingerprint density at radius 2 is 1.95 bits per heavy atom. The second-order valence-corrected chi connectivity index (χ2v) is 4.80. The predicted molar refractivity (Wildman–Crippen MR) is 81.9 cm³/mol. The maximum absolute atomic E-state index is 11.5. The Hall–Kier alpha value is -1.75. The summed E-state index contributed by atoms with van der Waals surface area (Å²) >= 11 is 0. The van der Waals surface area contributed by atoms with Crippen LogP contribution >= 0.6 is 0 Å². The van der Waals surface area contributed by atoms with E-state index in [9.17, 15) is 4.79 Å². The van der Waals surface area contributed by atoms with Crippen molar-refractivity contribution in [2.45, 2.75) is 20.3 Å². The molecule has 0 aliphatic heterocycles. The zero-order valence-corrected chi connectivity index (χ0v) is 13.3. The lowest BCUT2D eigenvalue weighted by atomic mass is 10.1. The molecule has 21 heavy (non-hydrogen) atoms. The van der Waals surface area contributed by atoms with E-state index in [2.05, 4.69) is 5.32 Å². The fourth-order valence-electron chi connectivity index (χ4n) is 1.96. The molecule has 0 aliphatic rings. The zero-order valence-electron chi connectivity index (χ0n) is 13.3. The molecule has 0 saturated heterocycles. The van der Waals surface area contributed by atoms with E-state index in [-0.39, 0.29) is 11.9 Å². The molecule has 0 amide bonds. The van der Waals surface area contributed by atoms with Gasteiger partial charge in [-0.15, -0.1) is 0 Å². The number of benzene rings is 1. The van der Waals surface area contributed by atoms with Crippen LogP contribution in [-0.2, 0) is 16.0 Å². The first kappa shape index (κ1) is 17.3. The van der Waals surface area contributed by atoms with E-state index in [1.54, 1.807) is 14.2 Å². The number of ether oxygens (including phenoxy) is 3. The zero-order chi connectivity index (χ0) is 15.7. The Kier molecular flexibility index (Phi) is 7.61. The van der Waals surface area contributed by atoms with Crippen LogP contribution in [0.4, 0.5) is 0 Å². The third-order valence-electron chi connectivity index (χ3n) is 3.18. The van der Waals surface area contributed by atoms with Gasteiger partial charge in [0.25, 0.3) is 0 Å². The van der Waals surface area contributed by atoms with Gasteiger partial charge in [0.1, 0.15) is 0 Å². The number of carbonyl (C=O) groups is 1. The lowest BCUT2D eigenvalue weighted by Crippen LogP contribution is -2.29. The van der Waals surface area contributed by atoms with Crippen LogP contribution in [0.5, 0.6) is 11.5 Å². The Balaban J connectivity index is 2.37. The molecule has 0 bridgehead atoms. The number of carbonyl (C=O) groups excluding carboxylic acids is 1. The number of methoxy groups -OCH3 is 2. The average Bonchev–Trinajstić information content (AvgIpc) is 2.51. The molecule has 118 valence electrons. The van der Waals surface area contributed by atoms with Crippen molar-refractivity contribution in [1.82, 2.24) is 5.32 Å². The molecule has 1 rings (SSSR count). The van der Waals surface area contributed by atoms with Gasteiger partial charge in [-0.25, -0.2) is 0 Å². The van der Waals surface area contributed by atoms with Crippen molar-refractivity contribution in [2.24, 2.45) is 5.92 Å². The molecule has 5 nitrogen and oxygen atoms in total. The molecule has 1 unspecified atom stereocenters. The second-order valence-electron chi connectivity index (χ2n) is 4.80. The third-order valence-corrected chi connectivity index (χ3v) is 3.18. The van der Waals surface area contributed by atoms with Crippen molar-refractivity contribution < 1.29 is 19.0 Å². The minimum absolute atomic E-state index is 0.129. The Morgan fingerprint density at radius 3 is 2.57 bits per heavy atom. The molecule has 0 aromatic heterocycles. The number of rotatable bonds is 9. The van der Waals surface area contributed by atoms with Gasteiger partial charge in [0, 0.05) is 6.54 Å². The summed E-state index contributed by atoms with van der Waals surface area (Å²) in [5.74, 6) is 1.17. The van der Waals surface area contributed by atoms with Crippen molar-refractivity contribution in [3.63, 3.8) is 0 Å². The van der Waals surface area contributed by atoms with Crippen molar-refractivity contribution >= 4 is 5.97 Å². The molecule has 1 aromatic rings. The van der Waals surface area contributed by atoms with Crippen molar-refractivity contribution in [1.29, 1.82) is 0 Å². The minimum atomic E-state index is -0.156. The highest BCUT2D eigenvalue weighted by Crippen LogP contribution is 2.27. The molecular weight excluding hydrogens is 270 g/mol. The number of hydrogen-bond acceptors (Lipinski definition) is 5. The summed E-state index contributed by atoms with van der Waals surface area (Å²) < 4.78 is 15.4. The first-order valence-electron chi connectivity index (χ1n) is 7.20. The largest absolute Gasteiger partial charge is 0.493 e. The van der Waals surface area contributed by atoms with Crippen LogP contribution in [0, 0.1) is 5.92 Å². The van der Waals surface area contributed by atoms with Crippen LogP contribution in [0.2, 0.25) is 0 Å². The number of nitrogens with one attached hydrogen (secondary N) is 1. The van der Waals surface area contributed by atoms with Gasteiger partial charge in [0.2, 0.25) is 0 Å². The van der Waals surface area contributed by atoms with Crippen LogP contribution in [-0.4, -0.2) is 39.9 Å². The van der Waals surface area contributed by atoms with Gasteiger partial charge in [-0.2, -0.15) is 0 Å². The van der Waals surface area contributed by atoms with E-state index in [1.165, 1.54) is 0 Å². The fourth-order valence-corrected chi connectivity index (χ4v) is 1.96. The third kappa shape index (κ3) is 5.63. The summed E-state index contributed by atoms with van der Waals surface area (Å²) in [7, 11) is 3.25. The van der Waals surface area contributed by atoms with Crippen LogP contribution in [0.15, 0.2) is 18.2 Å². The molecule has 1 atom stereocenters. The van der Waals surface area contributed by atoms with E-state index in [0.717, 1.165) is 30.0 Å². The van der Waals surface area contributed by atoms with E-state index in [1.807, 2.05) is 32.0 Å². The molecular formula is C16H25NO4. The SMILES string of the molecule is CCOC(=O)C(C)CNCCc1ccc(OC)c(OC)c1. The van der Waals surface area contributed by atoms with Gasteiger partial charge < -0.3 is 19.5 Å². The molecule has 0 heterocycles. The average molecular weight is 295 g/mol. The summed E-state index contributed by atoms with van der Waals surface area (Å²) in [6.45, 7) is 5.51. The van der Waals surface area contributed by atoms with Crippen molar-refractivity contribution in [3.8, 4) is 11.5 Å². The quantitative estimate of drug-likeness (QED) is 0.558. The Morgan fingerprint density at radius 1 is 1.24 bits per heavy atom. The van der Waals surface area contributed by atoms with E-state index < -0.39 is 0 Å². The lowest BCUT2D eigenvalue weighted by molar-refractivity contribution is -0.147. The smallest absolute Gasteiger partial charge is 0.309 e. The van der Waals surface area contributed by atoms with E-state index >= 15 is 0 Å². The molecule has 0 saturated carbocycles. The molecule has 5 heteroatoms. The van der Waals surface area contributed by atoms with Gasteiger partial charge in [-0.05, 0) is 37.6 Å². The van der Waals surface area contributed by atoms with Crippen LogP contribution in [0.25, 0.3) is 0 Å². The first-order valence-corrected chi connectivity index (χ1v) is 7.20. The number of esters is 1. The highest BCUT2D eigenvalue weighted by Gasteiger charge is 2.12. The normalized spacial score (nSPS) is 11.8. The molecule has 1 N–H and O–H groups in total. The van der Waals surface area contributed by atoms with Gasteiger partial charge in [-0.1, -0.05) is 13.0 Å². The Labute approximate surface area is 126 Å². The van der Waals surface area contributed by atoms with Gasteiger partial charge in [0.05, 0.1) is 26.7 Å². The summed E-state index contributed by atoms with van der Waals surface area (Å²) in [5, 5.41) is 3.27. The molecule has 0 radical (unpaired) electrons. The van der Waals surface area contributed by atoms with Crippen LogP contribution in [0.1, 0.15) is 19.4 Å². The summed E-state index contributed by atoms with van der Waals surface area (Å²) in [5.41, 5.74) is 1.16. The second kappa shape index (κ2) is 9.23. The predicted octanol–water partition coefficient (Wildman–Crippen LogP) is 2.04. The fraction of sp³-hybridized carbons (Fsp3) is 0.562. The number of hydrogen-bond donors (Lipinski definition) is 1. The summed E-state index contributed by atoms with van der Waals surface area (Å²) in [6, 6.07) is 5.88. The van der Waals surface area contributed by atoms with E-state index in [4.69, 9.17) is 14.2 Å².